The molecule has 3 rings (SSSR count). The van der Waals surface area contributed by atoms with Crippen molar-refractivity contribution in [2.75, 3.05) is 20.0 Å². The van der Waals surface area contributed by atoms with Crippen LogP contribution in [0, 0.1) is 0 Å². The Morgan fingerprint density at radius 3 is 2.40 bits per heavy atom. The van der Waals surface area contributed by atoms with Crippen molar-refractivity contribution in [1.29, 1.82) is 0 Å². The monoisotopic (exact) mass is 270 g/mol. The Hall–Kier alpha value is -2.69. The molecule has 102 valence electrons. The van der Waals surface area contributed by atoms with Gasteiger partial charge in [0.25, 0.3) is 0 Å². The van der Waals surface area contributed by atoms with Crippen LogP contribution in [0.5, 0.6) is 11.5 Å². The summed E-state index contributed by atoms with van der Waals surface area (Å²) in [6.45, 7) is 0. The van der Waals surface area contributed by atoms with Crippen LogP contribution in [0.1, 0.15) is 0 Å². The fourth-order valence-corrected chi connectivity index (χ4v) is 2.11. The van der Waals surface area contributed by atoms with Gasteiger partial charge < -0.3 is 19.6 Å². The van der Waals surface area contributed by atoms with Gasteiger partial charge in [0.15, 0.2) is 5.58 Å². The van der Waals surface area contributed by atoms with Crippen molar-refractivity contribution < 1.29 is 13.9 Å². The zero-order valence-corrected chi connectivity index (χ0v) is 11.2. The molecule has 2 N–H and O–H groups in total. The van der Waals surface area contributed by atoms with Gasteiger partial charge in [0.1, 0.15) is 22.6 Å². The lowest BCUT2D eigenvalue weighted by Gasteiger charge is -2.09. The molecule has 0 aliphatic heterocycles. The maximum atomic E-state index is 5.77. The van der Waals surface area contributed by atoms with Crippen molar-refractivity contribution in [3.05, 3.63) is 36.4 Å². The molecule has 0 spiro atoms. The fraction of sp³-hybridized carbons (Fsp3) is 0.133. The topological polar surface area (TPSA) is 70.5 Å². The average Bonchev–Trinajstić information content (AvgIpc) is 2.88. The number of aromatic nitrogens is 1. The van der Waals surface area contributed by atoms with E-state index in [1.54, 1.807) is 26.4 Å². The molecule has 2 aromatic carbocycles. The molecule has 0 radical (unpaired) electrons. The number of fused-ring (bicyclic) bond motifs is 1. The number of nitrogens with two attached hydrogens (primary N) is 1. The molecule has 0 aliphatic carbocycles. The van der Waals surface area contributed by atoms with E-state index < -0.39 is 0 Å². The summed E-state index contributed by atoms with van der Waals surface area (Å²) in [5.74, 6) is 1.73. The van der Waals surface area contributed by atoms with Crippen molar-refractivity contribution >= 4 is 16.8 Å². The van der Waals surface area contributed by atoms with Gasteiger partial charge in [-0.05, 0) is 24.3 Å². The van der Waals surface area contributed by atoms with Crippen molar-refractivity contribution in [2.24, 2.45) is 0 Å². The highest BCUT2D eigenvalue weighted by Crippen LogP contribution is 2.39. The van der Waals surface area contributed by atoms with Crippen molar-refractivity contribution in [3.8, 4) is 23.0 Å². The van der Waals surface area contributed by atoms with Gasteiger partial charge in [-0.25, -0.2) is 4.98 Å². The summed E-state index contributed by atoms with van der Waals surface area (Å²) in [4.78, 5) is 4.46. The molecule has 0 atom stereocenters. The molecule has 1 heterocycles. The minimum Gasteiger partial charge on any atom is -0.496 e. The molecule has 1 aromatic heterocycles. The van der Waals surface area contributed by atoms with E-state index in [1.165, 1.54) is 0 Å². The van der Waals surface area contributed by atoms with Crippen LogP contribution < -0.4 is 15.2 Å². The van der Waals surface area contributed by atoms with Gasteiger partial charge in [-0.1, -0.05) is 6.07 Å². The Balaban J connectivity index is 2.24. The number of hydrogen-bond acceptors (Lipinski definition) is 5. The maximum Gasteiger partial charge on any atom is 0.234 e. The van der Waals surface area contributed by atoms with Crippen LogP contribution >= 0.6 is 0 Å². The molecule has 0 aliphatic rings. The van der Waals surface area contributed by atoms with Crippen LogP contribution in [0.2, 0.25) is 0 Å². The van der Waals surface area contributed by atoms with Crippen LogP contribution in [0.4, 0.5) is 5.69 Å². The number of nitrogen functional groups attached to an aromatic ring is 1. The van der Waals surface area contributed by atoms with Gasteiger partial charge in [0.2, 0.25) is 5.89 Å². The molecule has 0 saturated carbocycles. The van der Waals surface area contributed by atoms with Gasteiger partial charge in [-0.3, -0.25) is 0 Å². The third-order valence-corrected chi connectivity index (χ3v) is 3.05. The lowest BCUT2D eigenvalue weighted by Crippen LogP contribution is -1.92. The number of nitrogens with zero attached hydrogens (tertiary/aromatic N) is 1. The first-order chi connectivity index (χ1) is 9.72. The van der Waals surface area contributed by atoms with Crippen molar-refractivity contribution in [2.45, 2.75) is 0 Å². The van der Waals surface area contributed by atoms with Crippen LogP contribution in [-0.4, -0.2) is 19.2 Å². The molecule has 3 aromatic rings. The first-order valence-corrected chi connectivity index (χ1v) is 6.10. The second-order valence-corrected chi connectivity index (χ2v) is 4.28. The van der Waals surface area contributed by atoms with Crippen molar-refractivity contribution in [3.63, 3.8) is 0 Å². The first kappa shape index (κ1) is 12.3. The minimum atomic E-state index is 0.444. The van der Waals surface area contributed by atoms with Crippen LogP contribution in [0.15, 0.2) is 40.8 Å². The summed E-state index contributed by atoms with van der Waals surface area (Å²) < 4.78 is 16.5. The molecule has 20 heavy (non-hydrogen) atoms. The number of hydrogen-bond donors (Lipinski definition) is 1. The highest BCUT2D eigenvalue weighted by atomic mass is 16.5. The van der Waals surface area contributed by atoms with E-state index in [-0.39, 0.29) is 0 Å². The molecule has 5 heteroatoms. The largest absolute Gasteiger partial charge is 0.496 e. The van der Waals surface area contributed by atoms with Crippen LogP contribution in [-0.2, 0) is 0 Å². The first-order valence-electron chi connectivity index (χ1n) is 6.10. The Morgan fingerprint density at radius 1 is 1.05 bits per heavy atom. The maximum absolute atomic E-state index is 5.77. The van der Waals surface area contributed by atoms with E-state index in [9.17, 15) is 0 Å². The van der Waals surface area contributed by atoms with Crippen LogP contribution in [0.3, 0.4) is 0 Å². The van der Waals surface area contributed by atoms with Gasteiger partial charge >= 0.3 is 0 Å². The standard InChI is InChI=1S/C15H14N2O3/c1-18-11-4-3-5-12(19-2)14(11)15-17-10-7-6-9(16)8-13(10)20-15/h3-8H,16H2,1-2H3. The smallest absolute Gasteiger partial charge is 0.234 e. The third kappa shape index (κ3) is 1.93. The molecule has 0 saturated heterocycles. The van der Waals surface area contributed by atoms with Gasteiger partial charge in [-0.15, -0.1) is 0 Å². The highest BCUT2D eigenvalue weighted by molar-refractivity contribution is 5.81. The number of oxazole rings is 1. The number of rotatable bonds is 3. The van der Waals surface area contributed by atoms with Gasteiger partial charge in [-0.2, -0.15) is 0 Å². The molecule has 0 amide bonds. The second kappa shape index (κ2) is 4.77. The molecular formula is C15H14N2O3. The summed E-state index contributed by atoms with van der Waals surface area (Å²) >= 11 is 0. The van der Waals surface area contributed by atoms with E-state index in [4.69, 9.17) is 19.6 Å². The number of benzene rings is 2. The zero-order chi connectivity index (χ0) is 14.1. The summed E-state index contributed by atoms with van der Waals surface area (Å²) in [5, 5.41) is 0. The fourth-order valence-electron chi connectivity index (χ4n) is 2.11. The van der Waals surface area contributed by atoms with Crippen LogP contribution in [0.25, 0.3) is 22.6 Å². The summed E-state index contributed by atoms with van der Waals surface area (Å²) in [7, 11) is 3.19. The molecule has 0 bridgehead atoms. The van der Waals surface area contributed by atoms with E-state index >= 15 is 0 Å². The van der Waals surface area contributed by atoms with E-state index in [1.807, 2.05) is 24.3 Å². The average molecular weight is 270 g/mol. The van der Waals surface area contributed by atoms with Gasteiger partial charge in [0.05, 0.1) is 14.2 Å². The second-order valence-electron chi connectivity index (χ2n) is 4.28. The number of ether oxygens (including phenoxy) is 2. The molecule has 0 fully saturated rings. The predicted octanol–water partition coefficient (Wildman–Crippen LogP) is 3.09. The Bertz CT molecular complexity index is 743. The Morgan fingerprint density at radius 2 is 1.75 bits per heavy atom. The lowest BCUT2D eigenvalue weighted by molar-refractivity contribution is 0.394. The van der Waals surface area contributed by atoms with Gasteiger partial charge in [0, 0.05) is 11.8 Å². The van der Waals surface area contributed by atoms with E-state index in [0.717, 1.165) is 5.52 Å². The number of methoxy groups -OCH3 is 2. The normalized spacial score (nSPS) is 10.7. The zero-order valence-electron chi connectivity index (χ0n) is 11.2. The third-order valence-electron chi connectivity index (χ3n) is 3.05. The quantitative estimate of drug-likeness (QED) is 0.740. The minimum absolute atomic E-state index is 0.444. The van der Waals surface area contributed by atoms with E-state index in [0.29, 0.717) is 34.2 Å². The lowest BCUT2D eigenvalue weighted by atomic mass is 10.1. The number of anilines is 1. The summed E-state index contributed by atoms with van der Waals surface area (Å²) in [6, 6.07) is 10.9. The highest BCUT2D eigenvalue weighted by Gasteiger charge is 2.18. The molecule has 5 nitrogen and oxygen atoms in total. The van der Waals surface area contributed by atoms with E-state index in [2.05, 4.69) is 4.98 Å². The SMILES string of the molecule is COc1cccc(OC)c1-c1nc2ccc(N)cc2o1. The van der Waals surface area contributed by atoms with Crippen molar-refractivity contribution in [1.82, 2.24) is 4.98 Å². The predicted molar refractivity (Wildman–Crippen MR) is 77.0 cm³/mol. The Kier molecular flexibility index (Phi) is 2.95. The molecular weight excluding hydrogens is 256 g/mol. The molecule has 0 unspecified atom stereocenters. The Labute approximate surface area is 115 Å². The summed E-state index contributed by atoms with van der Waals surface area (Å²) in [5.41, 5.74) is 8.44. The summed E-state index contributed by atoms with van der Waals surface area (Å²) in [6.07, 6.45) is 0.